The molecule has 1 aromatic carbocycles. The zero-order valence-electron chi connectivity index (χ0n) is 11.8. The first-order valence-electron chi connectivity index (χ1n) is 6.72. The van der Waals surface area contributed by atoms with Gasteiger partial charge in [0, 0.05) is 6.04 Å². The number of rotatable bonds is 4. The van der Waals surface area contributed by atoms with E-state index < -0.39 is 0 Å². The molecule has 0 aliphatic heterocycles. The van der Waals surface area contributed by atoms with Crippen molar-refractivity contribution in [1.82, 2.24) is 9.55 Å². The Bertz CT molecular complexity index is 573. The van der Waals surface area contributed by atoms with Gasteiger partial charge >= 0.3 is 0 Å². The van der Waals surface area contributed by atoms with Crippen LogP contribution in [0.25, 0.3) is 11.0 Å². The minimum Gasteiger partial charge on any atom is -0.323 e. The molecular weight excluding hydrogens is 279 g/mol. The smallest absolute Gasteiger partial charge is 0.128 e. The standard InChI is InChI=1S/C15H20Cl2N2/c1-9(2)8-10(3)19-14-12(17)6-5-7-13(14)18-15(19)11(4)16/h5-7,9-11H,8H2,1-4H3. The van der Waals surface area contributed by atoms with E-state index >= 15 is 0 Å². The summed E-state index contributed by atoms with van der Waals surface area (Å²) in [6.07, 6.45) is 1.08. The zero-order chi connectivity index (χ0) is 14.2. The lowest BCUT2D eigenvalue weighted by atomic mass is 10.0. The SMILES string of the molecule is CC(C)CC(C)n1c(C(C)Cl)nc2cccc(Cl)c21. The van der Waals surface area contributed by atoms with E-state index in [4.69, 9.17) is 23.2 Å². The van der Waals surface area contributed by atoms with Crippen molar-refractivity contribution < 1.29 is 0 Å². The quantitative estimate of drug-likeness (QED) is 0.672. The van der Waals surface area contributed by atoms with Gasteiger partial charge < -0.3 is 4.57 Å². The highest BCUT2D eigenvalue weighted by atomic mass is 35.5. The third kappa shape index (κ3) is 2.90. The maximum atomic E-state index is 6.36. The molecule has 2 rings (SSSR count). The third-order valence-corrected chi connectivity index (χ3v) is 3.80. The minimum absolute atomic E-state index is 0.127. The van der Waals surface area contributed by atoms with Crippen LogP contribution in [-0.2, 0) is 0 Å². The fourth-order valence-corrected chi connectivity index (χ4v) is 3.05. The molecule has 1 aromatic heterocycles. The number of hydrogen-bond donors (Lipinski definition) is 0. The molecule has 0 radical (unpaired) electrons. The second-order valence-corrected chi connectivity index (χ2v) is 6.60. The van der Waals surface area contributed by atoms with E-state index in [-0.39, 0.29) is 5.38 Å². The van der Waals surface area contributed by atoms with Gasteiger partial charge in [0.05, 0.1) is 21.4 Å². The molecule has 2 aromatic rings. The molecule has 104 valence electrons. The third-order valence-electron chi connectivity index (χ3n) is 3.30. The minimum atomic E-state index is -0.127. The Kier molecular flexibility index (Phi) is 4.42. The van der Waals surface area contributed by atoms with Crippen molar-refractivity contribution in [3.05, 3.63) is 29.0 Å². The summed E-state index contributed by atoms with van der Waals surface area (Å²) >= 11 is 12.6. The van der Waals surface area contributed by atoms with Crippen molar-refractivity contribution in [1.29, 1.82) is 0 Å². The first-order chi connectivity index (χ1) is 8.91. The Labute approximate surface area is 124 Å². The van der Waals surface area contributed by atoms with E-state index in [0.29, 0.717) is 12.0 Å². The summed E-state index contributed by atoms with van der Waals surface area (Å²) in [5.74, 6) is 1.52. The second kappa shape index (κ2) is 5.72. The van der Waals surface area contributed by atoms with Crippen LogP contribution in [0.4, 0.5) is 0 Å². The molecule has 0 spiro atoms. The van der Waals surface area contributed by atoms with Gasteiger partial charge in [-0.05, 0) is 38.3 Å². The zero-order valence-corrected chi connectivity index (χ0v) is 13.3. The van der Waals surface area contributed by atoms with Gasteiger partial charge in [-0.3, -0.25) is 0 Å². The Morgan fingerprint density at radius 1 is 1.21 bits per heavy atom. The Morgan fingerprint density at radius 3 is 2.47 bits per heavy atom. The molecule has 0 amide bonds. The van der Waals surface area contributed by atoms with Crippen LogP contribution in [-0.4, -0.2) is 9.55 Å². The molecule has 0 aliphatic carbocycles. The Balaban J connectivity index is 2.64. The number of aromatic nitrogens is 2. The number of nitrogens with zero attached hydrogens (tertiary/aromatic N) is 2. The van der Waals surface area contributed by atoms with E-state index in [9.17, 15) is 0 Å². The average molecular weight is 299 g/mol. The first-order valence-corrected chi connectivity index (χ1v) is 7.53. The number of benzene rings is 1. The molecule has 0 fully saturated rings. The van der Waals surface area contributed by atoms with Gasteiger partial charge in [0.2, 0.25) is 0 Å². The van der Waals surface area contributed by atoms with Gasteiger partial charge in [0.15, 0.2) is 0 Å². The summed E-state index contributed by atoms with van der Waals surface area (Å²) in [4.78, 5) is 4.65. The molecule has 0 bridgehead atoms. The van der Waals surface area contributed by atoms with Crippen LogP contribution >= 0.6 is 23.2 Å². The number of alkyl halides is 1. The predicted octanol–water partition coefficient (Wildman–Crippen LogP) is 5.60. The van der Waals surface area contributed by atoms with Crippen molar-refractivity contribution in [3.63, 3.8) is 0 Å². The predicted molar refractivity (Wildman–Crippen MR) is 83.2 cm³/mol. The van der Waals surface area contributed by atoms with Crippen molar-refractivity contribution >= 4 is 34.2 Å². The van der Waals surface area contributed by atoms with Crippen molar-refractivity contribution in [2.75, 3.05) is 0 Å². The number of hydrogen-bond acceptors (Lipinski definition) is 1. The van der Waals surface area contributed by atoms with Crippen LogP contribution in [0, 0.1) is 5.92 Å². The molecule has 1 heterocycles. The molecule has 19 heavy (non-hydrogen) atoms. The monoisotopic (exact) mass is 298 g/mol. The summed E-state index contributed by atoms with van der Waals surface area (Å²) in [6.45, 7) is 8.60. The molecule has 0 saturated heterocycles. The fourth-order valence-electron chi connectivity index (χ4n) is 2.64. The van der Waals surface area contributed by atoms with Crippen LogP contribution in [0.1, 0.15) is 51.4 Å². The Hall–Kier alpha value is -0.730. The van der Waals surface area contributed by atoms with E-state index in [1.54, 1.807) is 0 Å². The van der Waals surface area contributed by atoms with E-state index in [1.807, 2.05) is 25.1 Å². The van der Waals surface area contributed by atoms with Crippen molar-refractivity contribution in [2.24, 2.45) is 5.92 Å². The number of imidazole rings is 1. The largest absolute Gasteiger partial charge is 0.323 e. The van der Waals surface area contributed by atoms with Gasteiger partial charge in [-0.2, -0.15) is 0 Å². The maximum absolute atomic E-state index is 6.36. The summed E-state index contributed by atoms with van der Waals surface area (Å²) in [7, 11) is 0. The van der Waals surface area contributed by atoms with Gasteiger partial charge in [0.25, 0.3) is 0 Å². The second-order valence-electron chi connectivity index (χ2n) is 5.54. The lowest BCUT2D eigenvalue weighted by Crippen LogP contribution is -2.12. The first kappa shape index (κ1) is 14.7. The molecule has 0 N–H and O–H groups in total. The van der Waals surface area contributed by atoms with Crippen molar-refractivity contribution in [3.8, 4) is 0 Å². The fraction of sp³-hybridized carbons (Fsp3) is 0.533. The molecule has 4 heteroatoms. The molecule has 2 atom stereocenters. The van der Waals surface area contributed by atoms with Gasteiger partial charge in [-0.1, -0.05) is 31.5 Å². The lowest BCUT2D eigenvalue weighted by molar-refractivity contribution is 0.425. The number of halogens is 2. The van der Waals surface area contributed by atoms with Gasteiger partial charge in [0.1, 0.15) is 5.82 Å². The highest BCUT2D eigenvalue weighted by molar-refractivity contribution is 6.35. The van der Waals surface area contributed by atoms with E-state index in [2.05, 4.69) is 30.3 Å². The highest BCUT2D eigenvalue weighted by Gasteiger charge is 2.21. The van der Waals surface area contributed by atoms with Gasteiger partial charge in [-0.25, -0.2) is 4.98 Å². The molecular formula is C15H20Cl2N2. The maximum Gasteiger partial charge on any atom is 0.128 e. The van der Waals surface area contributed by atoms with Crippen LogP contribution in [0.2, 0.25) is 5.02 Å². The van der Waals surface area contributed by atoms with Gasteiger partial charge in [-0.15, -0.1) is 11.6 Å². The van der Waals surface area contributed by atoms with E-state index in [1.165, 1.54) is 0 Å². The summed E-state index contributed by atoms with van der Waals surface area (Å²) in [5.41, 5.74) is 1.92. The molecule has 0 aliphatic rings. The van der Waals surface area contributed by atoms with Crippen LogP contribution in [0.5, 0.6) is 0 Å². The lowest BCUT2D eigenvalue weighted by Gasteiger charge is -2.20. The summed E-state index contributed by atoms with van der Waals surface area (Å²) in [5, 5.41) is 0.613. The summed E-state index contributed by atoms with van der Waals surface area (Å²) in [6, 6.07) is 6.16. The Morgan fingerprint density at radius 2 is 1.89 bits per heavy atom. The molecule has 2 unspecified atom stereocenters. The molecule has 2 nitrogen and oxygen atoms in total. The summed E-state index contributed by atoms with van der Waals surface area (Å²) < 4.78 is 2.20. The topological polar surface area (TPSA) is 17.8 Å². The van der Waals surface area contributed by atoms with Crippen LogP contribution < -0.4 is 0 Å². The molecule has 0 saturated carbocycles. The average Bonchev–Trinajstić information content (AvgIpc) is 2.68. The van der Waals surface area contributed by atoms with E-state index in [0.717, 1.165) is 28.3 Å². The number of fused-ring (bicyclic) bond motifs is 1. The normalized spacial score (nSPS) is 15.1. The number of para-hydroxylation sites is 1. The van der Waals surface area contributed by atoms with Crippen molar-refractivity contribution in [2.45, 2.75) is 45.5 Å². The van der Waals surface area contributed by atoms with Crippen LogP contribution in [0.15, 0.2) is 18.2 Å². The highest BCUT2D eigenvalue weighted by Crippen LogP contribution is 2.33. The van der Waals surface area contributed by atoms with Crippen LogP contribution in [0.3, 0.4) is 0 Å².